The highest BCUT2D eigenvalue weighted by Crippen LogP contribution is 2.15. The Labute approximate surface area is 145 Å². The summed E-state index contributed by atoms with van der Waals surface area (Å²) in [6.07, 6.45) is -4.42. The van der Waals surface area contributed by atoms with E-state index in [1.807, 2.05) is 30.3 Å². The van der Waals surface area contributed by atoms with E-state index in [0.717, 1.165) is 12.8 Å². The summed E-state index contributed by atoms with van der Waals surface area (Å²) in [6.45, 7) is -0.680. The maximum Gasteiger partial charge on any atom is 0.406 e. The molecule has 0 unspecified atom stereocenters. The molecule has 0 aliphatic rings. The van der Waals surface area contributed by atoms with Crippen LogP contribution in [0.5, 0.6) is 5.75 Å². The molecule has 0 radical (unpaired) electrons. The topological polar surface area (TPSA) is 57.2 Å². The molecule has 1 amide bonds. The van der Waals surface area contributed by atoms with Crippen LogP contribution in [-0.4, -0.2) is 75.2 Å². The molecule has 1 aromatic rings. The van der Waals surface area contributed by atoms with E-state index >= 15 is 0 Å². The number of halogens is 3. The maximum atomic E-state index is 12.3. The lowest BCUT2D eigenvalue weighted by molar-refractivity contribution is -0.157. The molecule has 1 rings (SSSR count). The van der Waals surface area contributed by atoms with E-state index in [2.05, 4.69) is 10.3 Å². The standard InChI is InChI=1S/C16H23F3N4O2/c1-20-15(21-11-14(24)23(3)12-16(17,18)19)22(2)9-10-25-13-7-5-4-6-8-13/h4-8H,9-12H2,1-3H3,(H,20,21). The average molecular weight is 360 g/mol. The van der Waals surface area contributed by atoms with Gasteiger partial charge in [-0.3, -0.25) is 9.79 Å². The van der Waals surface area contributed by atoms with Gasteiger partial charge in [-0.1, -0.05) is 18.2 Å². The summed E-state index contributed by atoms with van der Waals surface area (Å²) >= 11 is 0. The highest BCUT2D eigenvalue weighted by Gasteiger charge is 2.31. The third-order valence-electron chi connectivity index (χ3n) is 3.25. The number of benzene rings is 1. The molecule has 1 N–H and O–H groups in total. The number of ether oxygens (including phenoxy) is 1. The van der Waals surface area contributed by atoms with Gasteiger partial charge < -0.3 is 19.9 Å². The van der Waals surface area contributed by atoms with E-state index in [1.165, 1.54) is 7.05 Å². The fraction of sp³-hybridized carbons (Fsp3) is 0.500. The Bertz CT molecular complexity index is 564. The smallest absolute Gasteiger partial charge is 0.406 e. The molecule has 1 aromatic carbocycles. The highest BCUT2D eigenvalue weighted by molar-refractivity contribution is 5.86. The summed E-state index contributed by atoms with van der Waals surface area (Å²) in [5.41, 5.74) is 0. The Morgan fingerprint density at radius 3 is 2.40 bits per heavy atom. The van der Waals surface area contributed by atoms with Crippen molar-refractivity contribution >= 4 is 11.9 Å². The van der Waals surface area contributed by atoms with Crippen LogP contribution in [-0.2, 0) is 4.79 Å². The molecule has 0 saturated heterocycles. The minimum Gasteiger partial charge on any atom is -0.492 e. The molecule has 25 heavy (non-hydrogen) atoms. The maximum absolute atomic E-state index is 12.3. The molecule has 0 aromatic heterocycles. The third-order valence-corrected chi connectivity index (χ3v) is 3.25. The molecule has 0 spiro atoms. The molecule has 0 heterocycles. The van der Waals surface area contributed by atoms with Crippen molar-refractivity contribution in [3.8, 4) is 5.75 Å². The largest absolute Gasteiger partial charge is 0.492 e. The van der Waals surface area contributed by atoms with Crippen LogP contribution < -0.4 is 10.1 Å². The first-order chi connectivity index (χ1) is 11.7. The van der Waals surface area contributed by atoms with Gasteiger partial charge in [-0.25, -0.2) is 0 Å². The van der Waals surface area contributed by atoms with Crippen molar-refractivity contribution < 1.29 is 22.7 Å². The molecule has 0 atom stereocenters. The number of aliphatic imine (C=N–C) groups is 1. The number of alkyl halides is 3. The summed E-state index contributed by atoms with van der Waals surface area (Å²) < 4.78 is 42.4. The second-order valence-corrected chi connectivity index (χ2v) is 5.35. The lowest BCUT2D eigenvalue weighted by atomic mass is 10.3. The fourth-order valence-electron chi connectivity index (χ4n) is 1.95. The number of rotatable bonds is 7. The van der Waals surface area contributed by atoms with Crippen LogP contribution in [0.2, 0.25) is 0 Å². The van der Waals surface area contributed by atoms with Crippen molar-refractivity contribution in [2.24, 2.45) is 4.99 Å². The molecule has 6 nitrogen and oxygen atoms in total. The lowest BCUT2D eigenvalue weighted by Gasteiger charge is -2.24. The third kappa shape index (κ3) is 8.27. The summed E-state index contributed by atoms with van der Waals surface area (Å²) in [7, 11) is 4.38. The Kier molecular flexibility index (Phi) is 8.03. The van der Waals surface area contributed by atoms with E-state index in [-0.39, 0.29) is 6.54 Å². The van der Waals surface area contributed by atoms with Crippen LogP contribution in [0.15, 0.2) is 35.3 Å². The Morgan fingerprint density at radius 2 is 1.84 bits per heavy atom. The van der Waals surface area contributed by atoms with E-state index in [4.69, 9.17) is 4.74 Å². The number of carbonyl (C=O) groups is 1. The lowest BCUT2D eigenvalue weighted by Crippen LogP contribution is -2.46. The van der Waals surface area contributed by atoms with Gasteiger partial charge in [0.15, 0.2) is 5.96 Å². The molecule has 0 saturated carbocycles. The zero-order chi connectivity index (χ0) is 18.9. The second-order valence-electron chi connectivity index (χ2n) is 5.35. The van der Waals surface area contributed by atoms with Crippen LogP contribution in [0.25, 0.3) is 0 Å². The van der Waals surface area contributed by atoms with Gasteiger partial charge in [0.1, 0.15) is 18.9 Å². The van der Waals surface area contributed by atoms with E-state index < -0.39 is 18.6 Å². The van der Waals surface area contributed by atoms with Gasteiger partial charge in [0, 0.05) is 21.1 Å². The molecule has 0 aliphatic heterocycles. The summed E-state index contributed by atoms with van der Waals surface area (Å²) in [6, 6.07) is 9.28. The monoisotopic (exact) mass is 360 g/mol. The van der Waals surface area contributed by atoms with Gasteiger partial charge >= 0.3 is 6.18 Å². The Morgan fingerprint density at radius 1 is 1.20 bits per heavy atom. The van der Waals surface area contributed by atoms with Gasteiger partial charge in [0.2, 0.25) is 5.91 Å². The molecule has 0 aliphatic carbocycles. The van der Waals surface area contributed by atoms with Crippen LogP contribution in [0.4, 0.5) is 13.2 Å². The van der Waals surface area contributed by atoms with Crippen molar-refractivity contribution in [1.29, 1.82) is 0 Å². The Balaban J connectivity index is 2.38. The van der Waals surface area contributed by atoms with Crippen molar-refractivity contribution in [3.63, 3.8) is 0 Å². The number of likely N-dealkylation sites (N-methyl/N-ethyl adjacent to an activating group) is 2. The fourth-order valence-corrected chi connectivity index (χ4v) is 1.95. The SMILES string of the molecule is CN=C(NCC(=O)N(C)CC(F)(F)F)N(C)CCOc1ccccc1. The zero-order valence-electron chi connectivity index (χ0n) is 14.5. The number of para-hydroxylation sites is 1. The number of hydrogen-bond donors (Lipinski definition) is 1. The first-order valence-corrected chi connectivity index (χ1v) is 7.63. The van der Waals surface area contributed by atoms with E-state index in [0.29, 0.717) is 24.0 Å². The number of amides is 1. The molecule has 9 heteroatoms. The second kappa shape index (κ2) is 9.75. The van der Waals surface area contributed by atoms with Crippen molar-refractivity contribution in [3.05, 3.63) is 30.3 Å². The molecular weight excluding hydrogens is 337 g/mol. The quantitative estimate of drug-likeness (QED) is 0.593. The molecular formula is C16H23F3N4O2. The van der Waals surface area contributed by atoms with E-state index in [1.54, 1.807) is 11.9 Å². The first kappa shape index (κ1) is 20.6. The predicted molar refractivity (Wildman–Crippen MR) is 89.6 cm³/mol. The zero-order valence-corrected chi connectivity index (χ0v) is 14.5. The van der Waals surface area contributed by atoms with Gasteiger partial charge in [-0.05, 0) is 12.1 Å². The van der Waals surface area contributed by atoms with Crippen LogP contribution in [0.3, 0.4) is 0 Å². The Hall–Kier alpha value is -2.45. The van der Waals surface area contributed by atoms with Gasteiger partial charge in [0.05, 0.1) is 13.1 Å². The number of nitrogens with zero attached hydrogens (tertiary/aromatic N) is 3. The van der Waals surface area contributed by atoms with Gasteiger partial charge in [0.25, 0.3) is 0 Å². The predicted octanol–water partition coefficient (Wildman–Crippen LogP) is 1.59. The first-order valence-electron chi connectivity index (χ1n) is 7.63. The van der Waals surface area contributed by atoms with Gasteiger partial charge in [-0.15, -0.1) is 0 Å². The number of carbonyl (C=O) groups excluding carboxylic acids is 1. The summed E-state index contributed by atoms with van der Waals surface area (Å²) in [5.74, 6) is 0.459. The van der Waals surface area contributed by atoms with Crippen molar-refractivity contribution in [2.45, 2.75) is 6.18 Å². The minimum atomic E-state index is -4.42. The average Bonchev–Trinajstić information content (AvgIpc) is 2.54. The van der Waals surface area contributed by atoms with Gasteiger partial charge in [-0.2, -0.15) is 13.2 Å². The number of nitrogens with one attached hydrogen (secondary N) is 1. The summed E-state index contributed by atoms with van der Waals surface area (Å²) in [4.78, 5) is 18.1. The van der Waals surface area contributed by atoms with Crippen molar-refractivity contribution in [1.82, 2.24) is 15.1 Å². The van der Waals surface area contributed by atoms with E-state index in [9.17, 15) is 18.0 Å². The number of hydrogen-bond acceptors (Lipinski definition) is 3. The van der Waals surface area contributed by atoms with Crippen molar-refractivity contribution in [2.75, 3.05) is 47.4 Å². The molecule has 140 valence electrons. The summed E-state index contributed by atoms with van der Waals surface area (Å²) in [5, 5.41) is 2.75. The number of guanidine groups is 1. The minimum absolute atomic E-state index is 0.275. The van der Waals surface area contributed by atoms with Crippen LogP contribution in [0, 0.1) is 0 Å². The molecule has 0 bridgehead atoms. The normalized spacial score (nSPS) is 11.8. The highest BCUT2D eigenvalue weighted by atomic mass is 19.4. The van der Waals surface area contributed by atoms with Crippen LogP contribution >= 0.6 is 0 Å². The molecule has 0 fully saturated rings. The van der Waals surface area contributed by atoms with Crippen LogP contribution in [0.1, 0.15) is 0 Å².